The normalized spacial score (nSPS) is 16.8. The van der Waals surface area contributed by atoms with Crippen LogP contribution in [0.5, 0.6) is 0 Å². The van der Waals surface area contributed by atoms with Crippen molar-refractivity contribution in [2.45, 2.75) is 51.7 Å². The van der Waals surface area contributed by atoms with Gasteiger partial charge < -0.3 is 15.4 Å². The average molecular weight is 368 g/mol. The molecule has 1 saturated carbocycles. The minimum absolute atomic E-state index is 0.0459. The SMILES string of the molecule is CC(=O)N[C@@H](C(=O)O[C@H](C)C(=O)Nc1ccc(Cl)cn1)C1CCCC1. The molecule has 2 amide bonds. The highest BCUT2D eigenvalue weighted by molar-refractivity contribution is 6.30. The number of amides is 2. The predicted molar refractivity (Wildman–Crippen MR) is 93.0 cm³/mol. The highest BCUT2D eigenvalue weighted by Crippen LogP contribution is 2.28. The molecule has 1 aromatic heterocycles. The van der Waals surface area contributed by atoms with Crippen LogP contribution >= 0.6 is 11.6 Å². The molecule has 2 atom stereocenters. The standard InChI is InChI=1S/C17H22ClN3O4/c1-10(16(23)21-14-8-7-13(18)9-19-14)25-17(24)15(20-11(2)22)12-5-3-4-6-12/h7-10,12,15H,3-6H2,1-2H3,(H,20,22)(H,19,21,23)/t10-,15-/m1/s1. The largest absolute Gasteiger partial charge is 0.451 e. The van der Waals surface area contributed by atoms with E-state index in [1.165, 1.54) is 20.0 Å². The van der Waals surface area contributed by atoms with E-state index in [0.717, 1.165) is 25.7 Å². The van der Waals surface area contributed by atoms with Gasteiger partial charge in [0, 0.05) is 13.1 Å². The molecule has 0 radical (unpaired) electrons. The first-order chi connectivity index (χ1) is 11.9. The molecule has 1 fully saturated rings. The van der Waals surface area contributed by atoms with Gasteiger partial charge in [0.25, 0.3) is 5.91 Å². The van der Waals surface area contributed by atoms with Crippen LogP contribution in [0.15, 0.2) is 18.3 Å². The van der Waals surface area contributed by atoms with Crippen LogP contribution in [0.3, 0.4) is 0 Å². The lowest BCUT2D eigenvalue weighted by Gasteiger charge is -2.24. The summed E-state index contributed by atoms with van der Waals surface area (Å²) in [5.41, 5.74) is 0. The van der Waals surface area contributed by atoms with Gasteiger partial charge in [0.15, 0.2) is 6.10 Å². The van der Waals surface area contributed by atoms with E-state index in [-0.39, 0.29) is 11.8 Å². The topological polar surface area (TPSA) is 97.4 Å². The second-order valence-corrected chi connectivity index (χ2v) is 6.59. The van der Waals surface area contributed by atoms with Crippen LogP contribution < -0.4 is 10.6 Å². The molecule has 136 valence electrons. The molecule has 1 aromatic rings. The van der Waals surface area contributed by atoms with Crippen molar-refractivity contribution in [2.75, 3.05) is 5.32 Å². The van der Waals surface area contributed by atoms with Crippen molar-refractivity contribution < 1.29 is 19.1 Å². The first-order valence-corrected chi connectivity index (χ1v) is 8.64. The third-order valence-corrected chi connectivity index (χ3v) is 4.35. The van der Waals surface area contributed by atoms with Crippen molar-refractivity contribution in [2.24, 2.45) is 5.92 Å². The van der Waals surface area contributed by atoms with Gasteiger partial charge in [-0.1, -0.05) is 24.4 Å². The fraction of sp³-hybridized carbons (Fsp3) is 0.529. The molecular weight excluding hydrogens is 346 g/mol. The van der Waals surface area contributed by atoms with E-state index >= 15 is 0 Å². The van der Waals surface area contributed by atoms with Crippen molar-refractivity contribution in [3.05, 3.63) is 23.4 Å². The van der Waals surface area contributed by atoms with Crippen LogP contribution in [0.2, 0.25) is 5.02 Å². The Labute approximate surface area is 151 Å². The zero-order valence-electron chi connectivity index (χ0n) is 14.3. The molecule has 0 aliphatic heterocycles. The number of carbonyl (C=O) groups is 3. The van der Waals surface area contributed by atoms with Gasteiger partial charge in [-0.25, -0.2) is 9.78 Å². The molecular formula is C17H22ClN3O4. The Balaban J connectivity index is 1.94. The third kappa shape index (κ3) is 5.70. The van der Waals surface area contributed by atoms with E-state index in [4.69, 9.17) is 16.3 Å². The number of nitrogens with zero attached hydrogens (tertiary/aromatic N) is 1. The number of pyridine rings is 1. The van der Waals surface area contributed by atoms with E-state index in [9.17, 15) is 14.4 Å². The fourth-order valence-corrected chi connectivity index (χ4v) is 2.97. The van der Waals surface area contributed by atoms with Gasteiger partial charge in [-0.15, -0.1) is 0 Å². The lowest BCUT2D eigenvalue weighted by molar-refractivity contribution is -0.157. The van der Waals surface area contributed by atoms with Gasteiger partial charge in [-0.3, -0.25) is 9.59 Å². The number of rotatable bonds is 6. The van der Waals surface area contributed by atoms with E-state index in [1.54, 1.807) is 12.1 Å². The Morgan fingerprint density at radius 3 is 2.52 bits per heavy atom. The van der Waals surface area contributed by atoms with E-state index < -0.39 is 24.0 Å². The van der Waals surface area contributed by atoms with Gasteiger partial charge in [-0.05, 0) is 37.8 Å². The second kappa shape index (κ2) is 8.80. The summed E-state index contributed by atoms with van der Waals surface area (Å²) in [7, 11) is 0. The summed E-state index contributed by atoms with van der Waals surface area (Å²) in [6, 6.07) is 2.42. The van der Waals surface area contributed by atoms with Crippen LogP contribution in [0.1, 0.15) is 39.5 Å². The molecule has 25 heavy (non-hydrogen) atoms. The molecule has 0 saturated heterocycles. The summed E-state index contributed by atoms with van der Waals surface area (Å²) >= 11 is 5.74. The Hall–Kier alpha value is -2.15. The maximum atomic E-state index is 12.4. The van der Waals surface area contributed by atoms with E-state index in [2.05, 4.69) is 15.6 Å². The second-order valence-electron chi connectivity index (χ2n) is 6.15. The minimum Gasteiger partial charge on any atom is -0.451 e. The zero-order chi connectivity index (χ0) is 18.4. The smallest absolute Gasteiger partial charge is 0.329 e. The Kier molecular flexibility index (Phi) is 6.75. The van der Waals surface area contributed by atoms with Crippen molar-refractivity contribution in [3.8, 4) is 0 Å². The molecule has 0 unspecified atom stereocenters. The van der Waals surface area contributed by atoms with E-state index in [1.807, 2.05) is 0 Å². The molecule has 1 aliphatic rings. The number of nitrogens with one attached hydrogen (secondary N) is 2. The molecule has 7 nitrogen and oxygen atoms in total. The quantitative estimate of drug-likeness (QED) is 0.752. The lowest BCUT2D eigenvalue weighted by Crippen LogP contribution is -2.47. The van der Waals surface area contributed by atoms with Crippen molar-refractivity contribution >= 4 is 35.2 Å². The Morgan fingerprint density at radius 1 is 1.28 bits per heavy atom. The number of halogens is 1. The van der Waals surface area contributed by atoms with Crippen molar-refractivity contribution in [1.29, 1.82) is 0 Å². The maximum absolute atomic E-state index is 12.4. The van der Waals surface area contributed by atoms with Crippen LogP contribution in [0.4, 0.5) is 5.82 Å². The average Bonchev–Trinajstić information content (AvgIpc) is 3.08. The van der Waals surface area contributed by atoms with Gasteiger partial charge in [0.2, 0.25) is 5.91 Å². The lowest BCUT2D eigenvalue weighted by atomic mass is 9.98. The van der Waals surface area contributed by atoms with Gasteiger partial charge in [0.05, 0.1) is 5.02 Å². The van der Waals surface area contributed by atoms with Crippen molar-refractivity contribution in [1.82, 2.24) is 10.3 Å². The third-order valence-electron chi connectivity index (χ3n) is 4.12. The predicted octanol–water partition coefficient (Wildman–Crippen LogP) is 2.30. The summed E-state index contributed by atoms with van der Waals surface area (Å²) in [6.07, 6.45) is 4.15. The fourth-order valence-electron chi connectivity index (χ4n) is 2.86. The highest BCUT2D eigenvalue weighted by Gasteiger charge is 2.34. The molecule has 0 bridgehead atoms. The molecule has 8 heteroatoms. The Morgan fingerprint density at radius 2 is 1.96 bits per heavy atom. The van der Waals surface area contributed by atoms with Crippen LogP contribution in [-0.2, 0) is 19.1 Å². The first kappa shape index (κ1) is 19.2. The summed E-state index contributed by atoms with van der Waals surface area (Å²) in [6.45, 7) is 2.83. The van der Waals surface area contributed by atoms with Crippen molar-refractivity contribution in [3.63, 3.8) is 0 Å². The zero-order valence-corrected chi connectivity index (χ0v) is 15.0. The number of anilines is 1. The minimum atomic E-state index is -1.01. The summed E-state index contributed by atoms with van der Waals surface area (Å²) in [5, 5.41) is 5.65. The van der Waals surface area contributed by atoms with Crippen LogP contribution in [-0.4, -0.2) is 34.9 Å². The molecule has 1 heterocycles. The van der Waals surface area contributed by atoms with Gasteiger partial charge in [0.1, 0.15) is 11.9 Å². The maximum Gasteiger partial charge on any atom is 0.329 e. The number of hydrogen-bond acceptors (Lipinski definition) is 5. The first-order valence-electron chi connectivity index (χ1n) is 8.27. The summed E-state index contributed by atoms with van der Waals surface area (Å²) in [4.78, 5) is 39.9. The number of aromatic nitrogens is 1. The molecule has 1 aliphatic carbocycles. The monoisotopic (exact) mass is 367 g/mol. The molecule has 0 spiro atoms. The molecule has 0 aromatic carbocycles. The van der Waals surface area contributed by atoms with Gasteiger partial charge >= 0.3 is 5.97 Å². The highest BCUT2D eigenvalue weighted by atomic mass is 35.5. The van der Waals surface area contributed by atoms with E-state index in [0.29, 0.717) is 10.8 Å². The number of esters is 1. The number of ether oxygens (including phenoxy) is 1. The molecule has 2 rings (SSSR count). The number of hydrogen-bond donors (Lipinski definition) is 2. The Bertz CT molecular complexity index is 629. The molecule has 2 N–H and O–H groups in total. The summed E-state index contributed by atoms with van der Waals surface area (Å²) < 4.78 is 5.26. The summed E-state index contributed by atoms with van der Waals surface area (Å²) in [5.74, 6) is -1.03. The van der Waals surface area contributed by atoms with Crippen LogP contribution in [0.25, 0.3) is 0 Å². The van der Waals surface area contributed by atoms with Crippen LogP contribution in [0, 0.1) is 5.92 Å². The van der Waals surface area contributed by atoms with Gasteiger partial charge in [-0.2, -0.15) is 0 Å². The number of carbonyl (C=O) groups excluding carboxylic acids is 3.